The van der Waals surface area contributed by atoms with Gasteiger partial charge in [-0.25, -0.2) is 13.1 Å². The van der Waals surface area contributed by atoms with Crippen molar-refractivity contribution in [2.24, 2.45) is 0 Å². The fraction of sp³-hybridized carbons (Fsp3) is 0.294. The lowest BCUT2D eigenvalue weighted by Gasteiger charge is -2.23. The van der Waals surface area contributed by atoms with Crippen molar-refractivity contribution in [1.82, 2.24) is 9.62 Å². The highest BCUT2D eigenvalue weighted by Gasteiger charge is 2.31. The number of likely N-dealkylation sites (N-methyl/N-ethyl adjacent to an activating group) is 1. The van der Waals surface area contributed by atoms with E-state index in [0.29, 0.717) is 17.1 Å². The van der Waals surface area contributed by atoms with Crippen LogP contribution >= 0.6 is 11.6 Å². The molecular formula is C17H18ClF3N2O3S. The van der Waals surface area contributed by atoms with Crippen LogP contribution in [0, 0.1) is 0 Å². The summed E-state index contributed by atoms with van der Waals surface area (Å²) in [6.07, 6.45) is -4.85. The van der Waals surface area contributed by atoms with Gasteiger partial charge in [0.15, 0.2) is 0 Å². The first-order chi connectivity index (χ1) is 12.5. The molecule has 0 spiro atoms. The number of benzene rings is 2. The first-order valence-electron chi connectivity index (χ1n) is 7.74. The maximum absolute atomic E-state index is 12.7. The van der Waals surface area contributed by atoms with Crippen molar-refractivity contribution in [1.29, 1.82) is 0 Å². The quantitative estimate of drug-likeness (QED) is 0.737. The highest BCUT2D eigenvalue weighted by molar-refractivity contribution is 7.89. The van der Waals surface area contributed by atoms with Gasteiger partial charge in [-0.15, -0.1) is 13.2 Å². The van der Waals surface area contributed by atoms with Gasteiger partial charge in [0.25, 0.3) is 0 Å². The Morgan fingerprint density at radius 3 is 2.30 bits per heavy atom. The summed E-state index contributed by atoms with van der Waals surface area (Å²) < 4.78 is 68.3. The zero-order valence-electron chi connectivity index (χ0n) is 14.5. The number of ether oxygens (including phenoxy) is 1. The Balaban J connectivity index is 2.25. The number of alkyl halides is 3. The second kappa shape index (κ2) is 8.47. The highest BCUT2D eigenvalue weighted by Crippen LogP contribution is 2.25. The van der Waals surface area contributed by atoms with Crippen molar-refractivity contribution < 1.29 is 26.3 Å². The Morgan fingerprint density at radius 1 is 1.15 bits per heavy atom. The first-order valence-corrected chi connectivity index (χ1v) is 9.61. The van der Waals surface area contributed by atoms with Crippen LogP contribution in [0.1, 0.15) is 11.6 Å². The predicted octanol–water partition coefficient (Wildman–Crippen LogP) is 3.82. The van der Waals surface area contributed by atoms with Crippen molar-refractivity contribution in [2.75, 3.05) is 20.6 Å². The minimum atomic E-state index is -4.85. The zero-order chi connectivity index (χ0) is 20.2. The molecule has 0 unspecified atom stereocenters. The number of nitrogens with zero attached hydrogens (tertiary/aromatic N) is 1. The molecule has 0 fully saturated rings. The molecular weight excluding hydrogens is 405 g/mol. The van der Waals surface area contributed by atoms with E-state index in [1.165, 1.54) is 0 Å². The third-order valence-corrected chi connectivity index (χ3v) is 5.19. The molecule has 10 heteroatoms. The maximum Gasteiger partial charge on any atom is 0.573 e. The van der Waals surface area contributed by atoms with Crippen LogP contribution in [-0.2, 0) is 10.0 Å². The van der Waals surface area contributed by atoms with E-state index >= 15 is 0 Å². The van der Waals surface area contributed by atoms with Gasteiger partial charge in [-0.05, 0) is 56.1 Å². The molecule has 2 rings (SSSR count). The van der Waals surface area contributed by atoms with Crippen LogP contribution in [0.25, 0.3) is 0 Å². The fourth-order valence-corrected chi connectivity index (χ4v) is 3.79. The summed E-state index contributed by atoms with van der Waals surface area (Å²) in [7, 11) is -0.409. The number of halogens is 4. The summed E-state index contributed by atoms with van der Waals surface area (Å²) in [4.78, 5) is 1.62. The SMILES string of the molecule is CN(C)C[C@H](NS(=O)(=O)c1ccc(OC(F)(F)F)cc1)c1cccc(Cl)c1. The van der Waals surface area contributed by atoms with E-state index in [2.05, 4.69) is 9.46 Å². The monoisotopic (exact) mass is 422 g/mol. The normalized spacial score (nSPS) is 13.6. The Hall–Kier alpha value is -1.81. The molecule has 0 saturated carbocycles. The number of sulfonamides is 1. The molecule has 148 valence electrons. The van der Waals surface area contributed by atoms with Crippen LogP contribution in [0.5, 0.6) is 5.75 Å². The third kappa shape index (κ3) is 6.69. The number of rotatable bonds is 7. The number of nitrogens with one attached hydrogen (secondary N) is 1. The molecule has 5 nitrogen and oxygen atoms in total. The summed E-state index contributed by atoms with van der Waals surface area (Å²) in [5.74, 6) is -0.499. The average molecular weight is 423 g/mol. The predicted molar refractivity (Wildman–Crippen MR) is 96.2 cm³/mol. The largest absolute Gasteiger partial charge is 0.573 e. The average Bonchev–Trinajstić information content (AvgIpc) is 2.52. The van der Waals surface area contributed by atoms with Crippen molar-refractivity contribution in [2.45, 2.75) is 17.3 Å². The lowest BCUT2D eigenvalue weighted by atomic mass is 10.1. The highest BCUT2D eigenvalue weighted by atomic mass is 35.5. The van der Waals surface area contributed by atoms with Crippen LogP contribution in [0.4, 0.5) is 13.2 Å². The van der Waals surface area contributed by atoms with Gasteiger partial charge in [0.05, 0.1) is 10.9 Å². The van der Waals surface area contributed by atoms with E-state index in [0.717, 1.165) is 24.3 Å². The zero-order valence-corrected chi connectivity index (χ0v) is 16.1. The van der Waals surface area contributed by atoms with Crippen LogP contribution < -0.4 is 9.46 Å². The number of hydrogen-bond acceptors (Lipinski definition) is 4. The minimum Gasteiger partial charge on any atom is -0.406 e. The molecule has 1 N–H and O–H groups in total. The van der Waals surface area contributed by atoms with E-state index in [-0.39, 0.29) is 4.90 Å². The molecule has 0 aliphatic carbocycles. The van der Waals surface area contributed by atoms with Gasteiger partial charge >= 0.3 is 6.36 Å². The molecule has 0 radical (unpaired) electrons. The van der Waals surface area contributed by atoms with Gasteiger partial charge in [-0.1, -0.05) is 23.7 Å². The van der Waals surface area contributed by atoms with Crippen molar-refractivity contribution in [3.05, 3.63) is 59.1 Å². The molecule has 0 aromatic heterocycles. The maximum atomic E-state index is 12.7. The topological polar surface area (TPSA) is 58.6 Å². The number of hydrogen-bond donors (Lipinski definition) is 1. The van der Waals surface area contributed by atoms with Gasteiger partial charge in [0, 0.05) is 11.6 Å². The lowest BCUT2D eigenvalue weighted by molar-refractivity contribution is -0.274. The second-order valence-electron chi connectivity index (χ2n) is 6.01. The summed E-state index contributed by atoms with van der Waals surface area (Å²) in [6, 6.07) is 10.2. The van der Waals surface area contributed by atoms with E-state index in [1.54, 1.807) is 43.3 Å². The summed E-state index contributed by atoms with van der Waals surface area (Å²) in [5, 5.41) is 0.462. The van der Waals surface area contributed by atoms with Gasteiger partial charge in [-0.3, -0.25) is 0 Å². The van der Waals surface area contributed by atoms with Crippen LogP contribution in [0.15, 0.2) is 53.4 Å². The lowest BCUT2D eigenvalue weighted by Crippen LogP contribution is -2.35. The molecule has 2 aromatic rings. The molecule has 0 bridgehead atoms. The molecule has 0 aliphatic rings. The fourth-order valence-electron chi connectivity index (χ4n) is 2.37. The molecule has 2 aromatic carbocycles. The smallest absolute Gasteiger partial charge is 0.406 e. The molecule has 0 amide bonds. The van der Waals surface area contributed by atoms with Crippen LogP contribution in [0.3, 0.4) is 0 Å². The van der Waals surface area contributed by atoms with E-state index in [9.17, 15) is 21.6 Å². The van der Waals surface area contributed by atoms with Gasteiger partial charge < -0.3 is 9.64 Å². The first kappa shape index (κ1) is 21.5. The second-order valence-corrected chi connectivity index (χ2v) is 8.16. The van der Waals surface area contributed by atoms with Crippen molar-refractivity contribution >= 4 is 21.6 Å². The summed E-state index contributed by atoms with van der Waals surface area (Å²) in [5.41, 5.74) is 0.664. The van der Waals surface area contributed by atoms with Gasteiger partial charge in [-0.2, -0.15) is 0 Å². The summed E-state index contributed by atoms with van der Waals surface area (Å²) >= 11 is 5.99. The minimum absolute atomic E-state index is 0.178. The van der Waals surface area contributed by atoms with Crippen molar-refractivity contribution in [3.63, 3.8) is 0 Å². The standard InChI is InChI=1S/C17H18ClF3N2O3S/c1-23(2)11-16(12-4-3-5-13(18)10-12)22-27(24,25)15-8-6-14(7-9-15)26-17(19,20)21/h3-10,16,22H,11H2,1-2H3/t16-/m0/s1. The van der Waals surface area contributed by atoms with Gasteiger partial charge in [0.2, 0.25) is 10.0 Å². The van der Waals surface area contributed by atoms with Crippen LogP contribution in [-0.4, -0.2) is 40.3 Å². The Morgan fingerprint density at radius 2 is 1.78 bits per heavy atom. The third-order valence-electron chi connectivity index (χ3n) is 3.46. The Labute approximate surface area is 160 Å². The van der Waals surface area contributed by atoms with Gasteiger partial charge in [0.1, 0.15) is 5.75 Å². The summed E-state index contributed by atoms with van der Waals surface area (Å²) in [6.45, 7) is 0.356. The Bertz CT molecular complexity index is 872. The van der Waals surface area contributed by atoms with E-state index < -0.39 is 28.2 Å². The van der Waals surface area contributed by atoms with Crippen molar-refractivity contribution in [3.8, 4) is 5.75 Å². The molecule has 0 heterocycles. The Kier molecular flexibility index (Phi) is 6.74. The van der Waals surface area contributed by atoms with E-state index in [1.807, 2.05) is 0 Å². The molecule has 1 atom stereocenters. The molecule has 0 aliphatic heterocycles. The van der Waals surface area contributed by atoms with Crippen LogP contribution in [0.2, 0.25) is 5.02 Å². The van der Waals surface area contributed by atoms with E-state index in [4.69, 9.17) is 11.6 Å². The molecule has 0 saturated heterocycles. The molecule has 27 heavy (non-hydrogen) atoms.